The molecule has 1 fully saturated rings. The van der Waals surface area contributed by atoms with E-state index in [2.05, 4.69) is 6.58 Å². The Bertz CT molecular complexity index is 612. The van der Waals surface area contributed by atoms with Crippen molar-refractivity contribution in [2.45, 2.75) is 0 Å². The van der Waals surface area contributed by atoms with Crippen LogP contribution in [0.25, 0.3) is 6.08 Å². The molecule has 1 amide bonds. The molecule has 0 saturated carbocycles. The smallest absolute Gasteiger partial charge is 0.290 e. The summed E-state index contributed by atoms with van der Waals surface area (Å²) >= 11 is 6.48. The van der Waals surface area contributed by atoms with Crippen LogP contribution in [0.15, 0.2) is 72.2 Å². The van der Waals surface area contributed by atoms with Gasteiger partial charge in [-0.15, -0.1) is 18.7 Å². The van der Waals surface area contributed by atoms with Crippen molar-refractivity contribution in [2.24, 2.45) is 0 Å². The minimum Gasteiger partial charge on any atom is -0.290 e. The second-order valence-electron chi connectivity index (χ2n) is 4.26. The monoisotopic (exact) mass is 369 g/mol. The predicted octanol–water partition coefficient (Wildman–Crippen LogP) is 4.20. The molecule has 114 valence electrons. The summed E-state index contributed by atoms with van der Waals surface area (Å²) in [5, 5.41) is 0. The van der Waals surface area contributed by atoms with Crippen molar-refractivity contribution in [3.05, 3.63) is 77.7 Å². The molecule has 1 aliphatic heterocycles. The summed E-state index contributed by atoms with van der Waals surface area (Å²) in [6.07, 6.45) is 3.54. The number of amides is 1. The molecular weight excluding hydrogens is 354 g/mol. The number of rotatable bonds is 3. The fourth-order valence-corrected chi connectivity index (χ4v) is 3.02. The molecule has 0 aromatic heterocycles. The summed E-state index contributed by atoms with van der Waals surface area (Å²) in [5.74, 6) is -0.0314. The number of thioether (sulfide) groups is 1. The maximum atomic E-state index is 11.9. The Balaban J connectivity index is 0.000000344. The molecule has 0 aliphatic carbocycles. The molecule has 2 aromatic carbocycles. The van der Waals surface area contributed by atoms with Gasteiger partial charge < -0.3 is 0 Å². The fraction of sp³-hybridized carbons (Fsp3) is 0.0588. The number of hydrogen-bond acceptors (Lipinski definition) is 3. The average Bonchev–Trinajstić information content (AvgIpc) is 3.20. The molecule has 22 heavy (non-hydrogen) atoms. The van der Waals surface area contributed by atoms with Gasteiger partial charge in [-0.25, -0.2) is 12.1 Å². The summed E-state index contributed by atoms with van der Waals surface area (Å²) in [5.41, 5.74) is 1.03. The fourth-order valence-electron chi connectivity index (χ4n) is 1.74. The third kappa shape index (κ3) is 5.11. The first kappa shape index (κ1) is 18.7. The van der Waals surface area contributed by atoms with E-state index in [1.54, 1.807) is 11.0 Å². The van der Waals surface area contributed by atoms with Gasteiger partial charge in [0.2, 0.25) is 0 Å². The van der Waals surface area contributed by atoms with E-state index >= 15 is 0 Å². The summed E-state index contributed by atoms with van der Waals surface area (Å²) in [7, 11) is 0. The quantitative estimate of drug-likeness (QED) is 0.266. The van der Waals surface area contributed by atoms with E-state index in [0.29, 0.717) is 15.8 Å². The molecule has 1 aliphatic rings. The minimum absolute atomic E-state index is 0. The molecule has 0 bridgehead atoms. The zero-order valence-corrected chi connectivity index (χ0v) is 14.5. The second kappa shape index (κ2) is 9.59. The van der Waals surface area contributed by atoms with E-state index in [9.17, 15) is 4.79 Å². The number of carbonyl (C=O) groups excluding carboxylic acids is 1. The van der Waals surface area contributed by atoms with Crippen LogP contribution in [0.5, 0.6) is 0 Å². The van der Waals surface area contributed by atoms with Crippen molar-refractivity contribution in [2.75, 3.05) is 6.54 Å². The zero-order valence-electron chi connectivity index (χ0n) is 11.8. The van der Waals surface area contributed by atoms with Crippen molar-refractivity contribution in [1.29, 1.82) is 0 Å². The first-order chi connectivity index (χ1) is 10.2. The van der Waals surface area contributed by atoms with Crippen molar-refractivity contribution >= 4 is 40.3 Å². The Kier molecular flexibility index (Phi) is 8.13. The molecule has 1 saturated heterocycles. The Morgan fingerprint density at radius 3 is 2.50 bits per heavy atom. The molecular formula is C17H15FeNOS2. The maximum Gasteiger partial charge on any atom is 2.00 e. The predicted molar refractivity (Wildman–Crippen MR) is 94.1 cm³/mol. The summed E-state index contributed by atoms with van der Waals surface area (Å²) in [6.45, 7) is 4.09. The standard InChI is InChI=1S/C12H10NOS2.C5H5.Fe/c1-2-7-13-11(14)10(16-12(13)15)8-9-5-3-4-6-9;1-2-4-5-3-1;/h2-6,8H,1,7H2;1-5H;/q2*-1;+2/b10-8+;;. The van der Waals surface area contributed by atoms with Crippen LogP contribution in [0.4, 0.5) is 0 Å². The van der Waals surface area contributed by atoms with Crippen LogP contribution < -0.4 is 0 Å². The summed E-state index contributed by atoms with van der Waals surface area (Å²) in [6, 6.07) is 17.8. The third-order valence-corrected chi connectivity index (χ3v) is 4.10. The third-order valence-electron chi connectivity index (χ3n) is 2.73. The Labute approximate surface area is 151 Å². The molecule has 2 nitrogen and oxygen atoms in total. The number of nitrogens with zero attached hydrogens (tertiary/aromatic N) is 1. The van der Waals surface area contributed by atoms with Gasteiger partial charge in [0.05, 0.1) is 0 Å². The molecule has 0 unspecified atom stereocenters. The number of hydrogen-bond donors (Lipinski definition) is 0. The SMILES string of the molecule is C=CCN1C(=O)/C(=C\c2ccc[cH-]2)SC1=S.[Fe+2].c1cc[cH-]c1. The molecule has 0 atom stereocenters. The second-order valence-corrected chi connectivity index (χ2v) is 5.94. The van der Waals surface area contributed by atoms with Crippen molar-refractivity contribution in [1.82, 2.24) is 4.90 Å². The molecule has 1 heterocycles. The Morgan fingerprint density at radius 1 is 1.27 bits per heavy atom. The van der Waals surface area contributed by atoms with E-state index in [4.69, 9.17) is 12.2 Å². The zero-order chi connectivity index (χ0) is 15.1. The average molecular weight is 369 g/mol. The number of carbonyl (C=O) groups is 1. The normalized spacial score (nSPS) is 15.3. The van der Waals surface area contributed by atoms with Crippen LogP contribution in [0.3, 0.4) is 0 Å². The van der Waals surface area contributed by atoms with Gasteiger partial charge in [0.1, 0.15) is 4.32 Å². The van der Waals surface area contributed by atoms with Crippen molar-refractivity contribution in [3.8, 4) is 0 Å². The van der Waals surface area contributed by atoms with Crippen molar-refractivity contribution in [3.63, 3.8) is 0 Å². The Morgan fingerprint density at radius 2 is 2.00 bits per heavy atom. The van der Waals surface area contributed by atoms with E-state index in [1.807, 2.05) is 60.7 Å². The van der Waals surface area contributed by atoms with Crippen LogP contribution in [0.1, 0.15) is 5.56 Å². The van der Waals surface area contributed by atoms with Gasteiger partial charge >= 0.3 is 17.1 Å². The molecule has 3 rings (SSSR count). The molecule has 0 N–H and O–H groups in total. The minimum atomic E-state index is -0.0314. The van der Waals surface area contributed by atoms with Crippen LogP contribution in [0.2, 0.25) is 0 Å². The van der Waals surface area contributed by atoms with Gasteiger partial charge in [-0.1, -0.05) is 30.1 Å². The Hall–Kier alpha value is -1.39. The summed E-state index contributed by atoms with van der Waals surface area (Å²) in [4.78, 5) is 14.2. The van der Waals surface area contributed by atoms with Crippen LogP contribution in [0, 0.1) is 0 Å². The first-order valence-electron chi connectivity index (χ1n) is 6.47. The van der Waals surface area contributed by atoms with E-state index in [0.717, 1.165) is 5.56 Å². The van der Waals surface area contributed by atoms with Gasteiger partial charge in [-0.2, -0.15) is 42.0 Å². The largest absolute Gasteiger partial charge is 2.00 e. The van der Waals surface area contributed by atoms with Crippen LogP contribution in [-0.4, -0.2) is 21.7 Å². The molecule has 5 heteroatoms. The van der Waals surface area contributed by atoms with Gasteiger partial charge in [-0.05, 0) is 0 Å². The van der Waals surface area contributed by atoms with Crippen molar-refractivity contribution < 1.29 is 21.9 Å². The van der Waals surface area contributed by atoms with Gasteiger partial charge in [0, 0.05) is 11.4 Å². The topological polar surface area (TPSA) is 20.3 Å². The van der Waals surface area contributed by atoms with Gasteiger partial charge in [0.25, 0.3) is 5.91 Å². The summed E-state index contributed by atoms with van der Waals surface area (Å²) < 4.78 is 0.600. The molecule has 0 spiro atoms. The van der Waals surface area contributed by atoms with E-state index < -0.39 is 0 Å². The van der Waals surface area contributed by atoms with E-state index in [-0.39, 0.29) is 23.0 Å². The maximum absolute atomic E-state index is 11.9. The first-order valence-corrected chi connectivity index (χ1v) is 7.69. The van der Waals surface area contributed by atoms with Crippen LogP contribution in [-0.2, 0) is 21.9 Å². The molecule has 0 radical (unpaired) electrons. The van der Waals surface area contributed by atoms with Crippen LogP contribution >= 0.6 is 24.0 Å². The molecule has 2 aromatic rings. The number of thiocarbonyl (C=S) groups is 1. The van der Waals surface area contributed by atoms with E-state index in [1.165, 1.54) is 11.8 Å². The van der Waals surface area contributed by atoms with Gasteiger partial charge in [0.15, 0.2) is 0 Å². The van der Waals surface area contributed by atoms with Gasteiger partial charge in [-0.3, -0.25) is 9.69 Å².